The number of amides is 3. The Labute approximate surface area is 148 Å². The first-order valence-electron chi connectivity index (χ1n) is 8.88. The van der Waals surface area contributed by atoms with Crippen molar-refractivity contribution in [2.75, 3.05) is 33.2 Å². The Morgan fingerprint density at radius 2 is 1.64 bits per heavy atom. The molecule has 2 fully saturated rings. The summed E-state index contributed by atoms with van der Waals surface area (Å²) in [7, 11) is 1.66. The summed E-state index contributed by atoms with van der Waals surface area (Å²) in [6.45, 7) is 3.18. The van der Waals surface area contributed by atoms with Gasteiger partial charge in [-0.05, 0) is 55.4 Å². The van der Waals surface area contributed by atoms with E-state index in [0.717, 1.165) is 45.4 Å². The highest BCUT2D eigenvalue weighted by Crippen LogP contribution is 2.32. The van der Waals surface area contributed by atoms with Gasteiger partial charge in [0.25, 0.3) is 5.91 Å². The summed E-state index contributed by atoms with van der Waals surface area (Å²) >= 11 is 0. The quantitative estimate of drug-likeness (QED) is 0.895. The molecule has 0 radical (unpaired) electrons. The van der Waals surface area contributed by atoms with Crippen molar-refractivity contribution in [3.8, 4) is 6.07 Å². The molecular weight excluding hydrogens is 316 g/mol. The average molecular weight is 340 g/mol. The molecule has 1 N–H and O–H groups in total. The van der Waals surface area contributed by atoms with Crippen molar-refractivity contribution in [2.24, 2.45) is 11.8 Å². The van der Waals surface area contributed by atoms with Gasteiger partial charge in [-0.3, -0.25) is 4.79 Å². The summed E-state index contributed by atoms with van der Waals surface area (Å²) in [6.07, 6.45) is 3.06. The van der Waals surface area contributed by atoms with Gasteiger partial charge in [-0.2, -0.15) is 5.26 Å². The maximum absolute atomic E-state index is 12.6. The molecular formula is C19H24N4O2. The van der Waals surface area contributed by atoms with E-state index in [1.54, 1.807) is 31.3 Å². The molecule has 0 spiro atoms. The van der Waals surface area contributed by atoms with Crippen LogP contribution in [-0.2, 0) is 0 Å². The van der Waals surface area contributed by atoms with Gasteiger partial charge in [0.2, 0.25) is 0 Å². The molecule has 25 heavy (non-hydrogen) atoms. The smallest absolute Gasteiger partial charge is 0.317 e. The summed E-state index contributed by atoms with van der Waals surface area (Å²) in [5.41, 5.74) is 1.22. The van der Waals surface area contributed by atoms with Gasteiger partial charge in [-0.1, -0.05) is 0 Å². The molecule has 0 aromatic heterocycles. The third-order valence-corrected chi connectivity index (χ3v) is 5.48. The maximum Gasteiger partial charge on any atom is 0.317 e. The predicted octanol–water partition coefficient (Wildman–Crippen LogP) is 2.07. The lowest BCUT2D eigenvalue weighted by molar-refractivity contribution is 0.0777. The first kappa shape index (κ1) is 17.3. The van der Waals surface area contributed by atoms with E-state index < -0.39 is 0 Å². The molecule has 3 amide bonds. The number of hydrogen-bond acceptors (Lipinski definition) is 3. The maximum atomic E-state index is 12.6. The second kappa shape index (κ2) is 7.56. The van der Waals surface area contributed by atoms with Crippen molar-refractivity contribution < 1.29 is 9.59 Å². The molecule has 2 heterocycles. The fraction of sp³-hybridized carbons (Fsp3) is 0.526. The van der Waals surface area contributed by atoms with E-state index in [9.17, 15) is 9.59 Å². The van der Waals surface area contributed by atoms with Crippen LogP contribution in [0.25, 0.3) is 0 Å². The van der Waals surface area contributed by atoms with E-state index in [0.29, 0.717) is 23.0 Å². The van der Waals surface area contributed by atoms with Crippen LogP contribution in [0.4, 0.5) is 4.79 Å². The third-order valence-electron chi connectivity index (χ3n) is 5.48. The molecule has 0 aliphatic carbocycles. The fourth-order valence-electron chi connectivity index (χ4n) is 3.96. The molecule has 2 aliphatic heterocycles. The number of nitrogens with one attached hydrogen (secondary N) is 1. The minimum Gasteiger partial charge on any atom is -0.341 e. The van der Waals surface area contributed by atoms with Gasteiger partial charge < -0.3 is 15.1 Å². The standard InChI is InChI=1S/C19H24N4O2/c1-21-19(25)22-9-6-15(7-10-22)17-8-11-23(13-17)18(24)16-4-2-14(12-20)3-5-16/h2-5,15,17H,6-11,13H2,1H3,(H,21,25). The first-order valence-corrected chi connectivity index (χ1v) is 8.88. The fourth-order valence-corrected chi connectivity index (χ4v) is 3.96. The summed E-state index contributed by atoms with van der Waals surface area (Å²) in [6, 6.07) is 8.92. The molecule has 0 bridgehead atoms. The molecule has 6 nitrogen and oxygen atoms in total. The van der Waals surface area contributed by atoms with Crippen molar-refractivity contribution >= 4 is 11.9 Å². The van der Waals surface area contributed by atoms with Crippen molar-refractivity contribution in [3.63, 3.8) is 0 Å². The highest BCUT2D eigenvalue weighted by atomic mass is 16.2. The van der Waals surface area contributed by atoms with Crippen LogP contribution < -0.4 is 5.32 Å². The van der Waals surface area contributed by atoms with Crippen LogP contribution >= 0.6 is 0 Å². The van der Waals surface area contributed by atoms with Crippen molar-refractivity contribution in [1.82, 2.24) is 15.1 Å². The topological polar surface area (TPSA) is 76.4 Å². The Morgan fingerprint density at radius 1 is 1.04 bits per heavy atom. The van der Waals surface area contributed by atoms with Crippen LogP contribution in [0.15, 0.2) is 24.3 Å². The Hall–Kier alpha value is -2.55. The molecule has 0 saturated carbocycles. The monoisotopic (exact) mass is 340 g/mol. The summed E-state index contributed by atoms with van der Waals surface area (Å²) in [4.78, 5) is 28.1. The minimum absolute atomic E-state index is 0.00231. The lowest BCUT2D eigenvalue weighted by atomic mass is 9.84. The zero-order valence-electron chi connectivity index (χ0n) is 14.6. The number of nitrogens with zero attached hydrogens (tertiary/aromatic N) is 3. The molecule has 1 aromatic rings. The van der Waals surface area contributed by atoms with E-state index in [2.05, 4.69) is 11.4 Å². The molecule has 1 aromatic carbocycles. The number of nitriles is 1. The van der Waals surface area contributed by atoms with Gasteiger partial charge in [-0.15, -0.1) is 0 Å². The number of benzene rings is 1. The number of likely N-dealkylation sites (tertiary alicyclic amines) is 2. The second-order valence-corrected chi connectivity index (χ2v) is 6.87. The second-order valence-electron chi connectivity index (χ2n) is 6.87. The zero-order valence-corrected chi connectivity index (χ0v) is 14.6. The molecule has 1 atom stereocenters. The molecule has 3 rings (SSSR count). The lowest BCUT2D eigenvalue weighted by Gasteiger charge is -2.34. The highest BCUT2D eigenvalue weighted by Gasteiger charge is 2.34. The Bertz CT molecular complexity index is 672. The third kappa shape index (κ3) is 3.76. The number of urea groups is 1. The highest BCUT2D eigenvalue weighted by molar-refractivity contribution is 5.94. The Balaban J connectivity index is 1.54. The average Bonchev–Trinajstić information content (AvgIpc) is 3.17. The molecule has 132 valence electrons. The van der Waals surface area contributed by atoms with E-state index >= 15 is 0 Å². The number of carbonyl (C=O) groups excluding carboxylic acids is 2. The Kier molecular flexibility index (Phi) is 5.22. The van der Waals surface area contributed by atoms with Crippen LogP contribution in [0.1, 0.15) is 35.2 Å². The minimum atomic E-state index is 0.00231. The van der Waals surface area contributed by atoms with Crippen molar-refractivity contribution in [1.29, 1.82) is 5.26 Å². The molecule has 2 aliphatic rings. The largest absolute Gasteiger partial charge is 0.341 e. The van der Waals surface area contributed by atoms with Gasteiger partial charge in [0.1, 0.15) is 0 Å². The van der Waals surface area contributed by atoms with E-state index in [1.165, 1.54) is 0 Å². The summed E-state index contributed by atoms with van der Waals surface area (Å²) in [5.74, 6) is 1.16. The lowest BCUT2D eigenvalue weighted by Crippen LogP contribution is -2.44. The molecule has 6 heteroatoms. The first-order chi connectivity index (χ1) is 12.1. The predicted molar refractivity (Wildman–Crippen MR) is 93.9 cm³/mol. The number of hydrogen-bond donors (Lipinski definition) is 1. The Morgan fingerprint density at radius 3 is 2.24 bits per heavy atom. The van der Waals surface area contributed by atoms with Crippen LogP contribution in [0.5, 0.6) is 0 Å². The van der Waals surface area contributed by atoms with Gasteiger partial charge in [-0.25, -0.2) is 4.79 Å². The van der Waals surface area contributed by atoms with Crippen molar-refractivity contribution in [2.45, 2.75) is 19.3 Å². The molecule has 2 saturated heterocycles. The van der Waals surface area contributed by atoms with Crippen molar-refractivity contribution in [3.05, 3.63) is 35.4 Å². The normalized spacial score (nSPS) is 21.0. The SMILES string of the molecule is CNC(=O)N1CCC(C2CCN(C(=O)c3ccc(C#N)cc3)C2)CC1. The van der Waals surface area contributed by atoms with Crippen LogP contribution in [0.2, 0.25) is 0 Å². The van der Waals surface area contributed by atoms with Crippen LogP contribution in [0, 0.1) is 23.2 Å². The van der Waals surface area contributed by atoms with Gasteiger partial charge >= 0.3 is 6.03 Å². The van der Waals surface area contributed by atoms with E-state index in [4.69, 9.17) is 5.26 Å². The van der Waals surface area contributed by atoms with Crippen LogP contribution in [0.3, 0.4) is 0 Å². The summed E-state index contributed by atoms with van der Waals surface area (Å²) in [5, 5.41) is 11.5. The van der Waals surface area contributed by atoms with Gasteiger partial charge in [0, 0.05) is 38.8 Å². The number of carbonyl (C=O) groups is 2. The number of piperidine rings is 1. The van der Waals surface area contributed by atoms with Gasteiger partial charge in [0.05, 0.1) is 11.6 Å². The number of rotatable bonds is 2. The zero-order chi connectivity index (χ0) is 17.8. The van der Waals surface area contributed by atoms with Crippen LogP contribution in [-0.4, -0.2) is 55.0 Å². The summed E-state index contributed by atoms with van der Waals surface area (Å²) < 4.78 is 0. The van der Waals surface area contributed by atoms with E-state index in [1.807, 2.05) is 9.80 Å². The van der Waals surface area contributed by atoms with E-state index in [-0.39, 0.29) is 11.9 Å². The van der Waals surface area contributed by atoms with Gasteiger partial charge in [0.15, 0.2) is 0 Å². The molecule has 1 unspecified atom stereocenters.